The fraction of sp³-hybridized carbons (Fsp3) is 0.133. The number of nitrogens with two attached hydrogens (primary N) is 1. The Kier molecular flexibility index (Phi) is 3.68. The summed E-state index contributed by atoms with van der Waals surface area (Å²) in [5.74, 6) is -0.328. The highest BCUT2D eigenvalue weighted by atomic mass is 35.5. The summed E-state index contributed by atoms with van der Waals surface area (Å²) in [6.45, 7) is 1.99. The first-order valence-electron chi connectivity index (χ1n) is 6.67. The van der Waals surface area contributed by atoms with Crippen LogP contribution in [-0.2, 0) is 4.74 Å². The van der Waals surface area contributed by atoms with E-state index in [4.69, 9.17) is 22.1 Å². The van der Waals surface area contributed by atoms with E-state index in [0.717, 1.165) is 11.1 Å². The fourth-order valence-corrected chi connectivity index (χ4v) is 2.36. The first-order chi connectivity index (χ1) is 10.6. The van der Waals surface area contributed by atoms with Gasteiger partial charge in [-0.05, 0) is 24.6 Å². The van der Waals surface area contributed by atoms with Crippen molar-refractivity contribution in [3.05, 3.63) is 47.2 Å². The maximum Gasteiger partial charge on any atom is 0.343 e. The van der Waals surface area contributed by atoms with Crippen LogP contribution >= 0.6 is 11.6 Å². The van der Waals surface area contributed by atoms with Gasteiger partial charge in [0.05, 0.1) is 12.8 Å². The Balaban J connectivity index is 2.14. The number of carbonyl (C=O) groups is 1. The molecule has 22 heavy (non-hydrogen) atoms. The molecule has 0 amide bonds. The lowest BCUT2D eigenvalue weighted by Gasteiger charge is -2.06. The Morgan fingerprint density at radius 1 is 1.41 bits per heavy atom. The summed E-state index contributed by atoms with van der Waals surface area (Å²) in [5.41, 5.74) is 8.40. The summed E-state index contributed by atoms with van der Waals surface area (Å²) in [4.78, 5) is 16.1. The van der Waals surface area contributed by atoms with Crippen LogP contribution in [0.1, 0.15) is 17.3 Å². The number of anilines is 1. The zero-order valence-electron chi connectivity index (χ0n) is 11.8. The van der Waals surface area contributed by atoms with Crippen molar-refractivity contribution in [2.75, 3.05) is 12.3 Å². The van der Waals surface area contributed by atoms with Crippen molar-refractivity contribution >= 4 is 29.0 Å². The molecule has 0 bridgehead atoms. The number of hydrogen-bond donors (Lipinski definition) is 1. The Hall–Kier alpha value is -2.60. The van der Waals surface area contributed by atoms with Crippen molar-refractivity contribution in [1.82, 2.24) is 14.6 Å². The van der Waals surface area contributed by atoms with Crippen LogP contribution in [0, 0.1) is 0 Å². The molecule has 2 aromatic heterocycles. The van der Waals surface area contributed by atoms with Gasteiger partial charge in [0, 0.05) is 16.8 Å². The maximum absolute atomic E-state index is 11.8. The number of hydrogen-bond acceptors (Lipinski definition) is 5. The third kappa shape index (κ3) is 2.37. The third-order valence-electron chi connectivity index (χ3n) is 3.19. The molecule has 0 saturated carbocycles. The van der Waals surface area contributed by atoms with Gasteiger partial charge in [-0.25, -0.2) is 9.78 Å². The number of rotatable bonds is 3. The predicted octanol–water partition coefficient (Wildman–Crippen LogP) is 2.81. The summed E-state index contributed by atoms with van der Waals surface area (Å²) in [5, 5.41) is 4.82. The normalized spacial score (nSPS) is 10.8. The molecule has 3 rings (SSSR count). The predicted molar refractivity (Wildman–Crippen MR) is 83.8 cm³/mol. The van der Waals surface area contributed by atoms with E-state index in [1.165, 1.54) is 10.7 Å². The average Bonchev–Trinajstić information content (AvgIpc) is 2.92. The van der Waals surface area contributed by atoms with Crippen molar-refractivity contribution in [2.45, 2.75) is 6.92 Å². The number of benzene rings is 1. The molecule has 7 heteroatoms. The molecule has 2 heterocycles. The Morgan fingerprint density at radius 2 is 2.23 bits per heavy atom. The topological polar surface area (TPSA) is 82.5 Å². The molecule has 0 fully saturated rings. The van der Waals surface area contributed by atoms with Gasteiger partial charge in [-0.15, -0.1) is 0 Å². The molecular weight excluding hydrogens is 304 g/mol. The summed E-state index contributed by atoms with van der Waals surface area (Å²) in [6, 6.07) is 7.35. The quantitative estimate of drug-likeness (QED) is 0.751. The summed E-state index contributed by atoms with van der Waals surface area (Å²) >= 11 is 6.01. The van der Waals surface area contributed by atoms with Crippen LogP contribution in [0.5, 0.6) is 0 Å². The number of esters is 1. The maximum atomic E-state index is 11.8. The first kappa shape index (κ1) is 14.3. The number of halogens is 1. The lowest BCUT2D eigenvalue weighted by molar-refractivity contribution is 0.0526. The molecule has 0 unspecified atom stereocenters. The third-order valence-corrected chi connectivity index (χ3v) is 3.43. The molecular formula is C15H13ClN4O2. The number of nitrogen functional groups attached to an aromatic ring is 1. The highest BCUT2D eigenvalue weighted by molar-refractivity contribution is 6.30. The van der Waals surface area contributed by atoms with E-state index >= 15 is 0 Å². The molecule has 2 N–H and O–H groups in total. The van der Waals surface area contributed by atoms with Gasteiger partial charge in [-0.1, -0.05) is 23.7 Å². The van der Waals surface area contributed by atoms with Gasteiger partial charge in [-0.2, -0.15) is 9.61 Å². The molecule has 6 nitrogen and oxygen atoms in total. The van der Waals surface area contributed by atoms with Crippen molar-refractivity contribution < 1.29 is 9.53 Å². The minimum Gasteiger partial charge on any atom is -0.462 e. The highest BCUT2D eigenvalue weighted by Gasteiger charge is 2.17. The summed E-state index contributed by atoms with van der Waals surface area (Å²) in [6.07, 6.45) is 3.04. The van der Waals surface area contributed by atoms with Crippen molar-refractivity contribution in [2.24, 2.45) is 0 Å². The van der Waals surface area contributed by atoms with Gasteiger partial charge in [-0.3, -0.25) is 0 Å². The second kappa shape index (κ2) is 5.65. The number of ether oxygens (including phenoxy) is 1. The van der Waals surface area contributed by atoms with Crippen LogP contribution in [0.3, 0.4) is 0 Å². The van der Waals surface area contributed by atoms with E-state index in [1.54, 1.807) is 19.2 Å². The minimum absolute atomic E-state index is 0.190. The van der Waals surface area contributed by atoms with E-state index in [0.29, 0.717) is 10.7 Å². The van der Waals surface area contributed by atoms with Crippen LogP contribution in [-0.4, -0.2) is 27.2 Å². The largest absolute Gasteiger partial charge is 0.462 e. The molecule has 0 aliphatic heterocycles. The van der Waals surface area contributed by atoms with Crippen LogP contribution in [0.2, 0.25) is 5.02 Å². The van der Waals surface area contributed by atoms with Gasteiger partial charge in [0.15, 0.2) is 5.65 Å². The zero-order chi connectivity index (χ0) is 15.7. The molecule has 0 aliphatic rings. The van der Waals surface area contributed by atoms with E-state index in [1.807, 2.05) is 18.2 Å². The lowest BCUT2D eigenvalue weighted by atomic mass is 10.1. The monoisotopic (exact) mass is 316 g/mol. The molecule has 112 valence electrons. The number of nitrogens with zero attached hydrogens (tertiary/aromatic N) is 3. The number of aromatic nitrogens is 3. The Morgan fingerprint density at radius 3 is 2.95 bits per heavy atom. The van der Waals surface area contributed by atoms with Gasteiger partial charge >= 0.3 is 5.97 Å². The Labute approximate surface area is 131 Å². The van der Waals surface area contributed by atoms with Gasteiger partial charge in [0.1, 0.15) is 11.4 Å². The molecule has 0 aliphatic carbocycles. The lowest BCUT2D eigenvalue weighted by Crippen LogP contribution is -2.12. The van der Waals surface area contributed by atoms with Crippen LogP contribution in [0.4, 0.5) is 5.82 Å². The summed E-state index contributed by atoms with van der Waals surface area (Å²) < 4.78 is 6.37. The van der Waals surface area contributed by atoms with Crippen LogP contribution in [0.25, 0.3) is 16.8 Å². The smallest absolute Gasteiger partial charge is 0.343 e. The van der Waals surface area contributed by atoms with Gasteiger partial charge in [0.25, 0.3) is 0 Å². The SMILES string of the molecule is CCOC(=O)c1cnc2c(-c3cccc(Cl)c3)cnn2c1N. The minimum atomic E-state index is -0.519. The number of carbonyl (C=O) groups excluding carboxylic acids is 1. The molecule has 0 atom stereocenters. The molecule has 0 radical (unpaired) electrons. The number of fused-ring (bicyclic) bond motifs is 1. The van der Waals surface area contributed by atoms with E-state index in [2.05, 4.69) is 10.1 Å². The highest BCUT2D eigenvalue weighted by Crippen LogP contribution is 2.27. The van der Waals surface area contributed by atoms with E-state index < -0.39 is 5.97 Å². The van der Waals surface area contributed by atoms with Crippen molar-refractivity contribution in [3.8, 4) is 11.1 Å². The van der Waals surface area contributed by atoms with E-state index in [-0.39, 0.29) is 18.0 Å². The van der Waals surface area contributed by atoms with Gasteiger partial charge < -0.3 is 10.5 Å². The average molecular weight is 317 g/mol. The standard InChI is InChI=1S/C15H13ClN4O2/c1-2-22-15(21)12-7-18-14-11(8-19-20(14)13(12)17)9-4-3-5-10(16)6-9/h3-8H,2,17H2,1H3. The molecule has 0 spiro atoms. The van der Waals surface area contributed by atoms with Gasteiger partial charge in [0.2, 0.25) is 0 Å². The van der Waals surface area contributed by atoms with Crippen molar-refractivity contribution in [3.63, 3.8) is 0 Å². The van der Waals surface area contributed by atoms with Crippen LogP contribution in [0.15, 0.2) is 36.7 Å². The fourth-order valence-electron chi connectivity index (χ4n) is 2.17. The Bertz CT molecular complexity index is 860. The second-order valence-electron chi connectivity index (χ2n) is 4.58. The summed E-state index contributed by atoms with van der Waals surface area (Å²) in [7, 11) is 0. The van der Waals surface area contributed by atoms with Crippen molar-refractivity contribution in [1.29, 1.82) is 0 Å². The second-order valence-corrected chi connectivity index (χ2v) is 5.02. The zero-order valence-corrected chi connectivity index (χ0v) is 12.5. The molecule has 3 aromatic rings. The van der Waals surface area contributed by atoms with Crippen LogP contribution < -0.4 is 5.73 Å². The van der Waals surface area contributed by atoms with E-state index in [9.17, 15) is 4.79 Å². The molecule has 0 saturated heterocycles. The first-order valence-corrected chi connectivity index (χ1v) is 7.05. The molecule has 1 aromatic carbocycles.